The second kappa shape index (κ2) is 11.9. The van der Waals surface area contributed by atoms with E-state index in [1.807, 2.05) is 6.26 Å². The highest BCUT2D eigenvalue weighted by atomic mass is 127. The minimum atomic E-state index is -0.287. The number of nitrogens with zero attached hydrogens (tertiary/aromatic N) is 2. The molecule has 6 nitrogen and oxygen atoms in total. The number of nitrogens with one attached hydrogen (secondary N) is 1. The van der Waals surface area contributed by atoms with Gasteiger partial charge in [-0.3, -0.25) is 4.79 Å². The number of alkyl halides is 1. The van der Waals surface area contributed by atoms with Crippen molar-refractivity contribution < 1.29 is 14.3 Å². The number of halogens is 1. The van der Waals surface area contributed by atoms with Crippen LogP contribution in [-0.4, -0.2) is 47.5 Å². The molecule has 20 heavy (non-hydrogen) atoms. The van der Waals surface area contributed by atoms with Gasteiger partial charge < -0.3 is 14.8 Å². The minimum absolute atomic E-state index is 0.00814. The monoisotopic (exact) mass is 447 g/mol. The topological polar surface area (TPSA) is 72.3 Å². The van der Waals surface area contributed by atoms with Crippen molar-refractivity contribution >= 4 is 61.8 Å². The summed E-state index contributed by atoms with van der Waals surface area (Å²) in [5.74, 6) is 2.60. The second-order valence-electron chi connectivity index (χ2n) is 3.21. The van der Waals surface area contributed by atoms with E-state index in [0.717, 1.165) is 0 Å². The van der Waals surface area contributed by atoms with E-state index in [2.05, 4.69) is 49.3 Å². The Hall–Kier alpha value is 0.330. The summed E-state index contributed by atoms with van der Waals surface area (Å²) >= 11 is 3.60. The molecular weight excluding hydrogens is 433 g/mol. The van der Waals surface area contributed by atoms with Crippen LogP contribution in [0.2, 0.25) is 0 Å². The van der Waals surface area contributed by atoms with E-state index < -0.39 is 0 Å². The molecule has 0 aliphatic carbocycles. The number of rotatable bonds is 7. The summed E-state index contributed by atoms with van der Waals surface area (Å²) in [6.07, 6.45) is 1.88. The van der Waals surface area contributed by atoms with Gasteiger partial charge in [0.25, 0.3) is 0 Å². The molecule has 0 aromatic rings. The molecule has 2 unspecified atom stereocenters. The summed E-state index contributed by atoms with van der Waals surface area (Å²) in [6, 6.07) is 0. The number of carbonyl (C=O) groups excluding carboxylic acids is 1. The van der Waals surface area contributed by atoms with Crippen molar-refractivity contribution in [1.29, 1.82) is 0 Å². The summed E-state index contributed by atoms with van der Waals surface area (Å²) in [6.45, 7) is 1.07. The van der Waals surface area contributed by atoms with Crippen LogP contribution in [0.15, 0.2) is 10.2 Å². The van der Waals surface area contributed by atoms with Crippen LogP contribution in [0.1, 0.15) is 0 Å². The lowest BCUT2D eigenvalue weighted by Crippen LogP contribution is -2.28. The molecule has 1 N–H and O–H groups in total. The van der Waals surface area contributed by atoms with Gasteiger partial charge in [0, 0.05) is 0 Å². The highest BCUT2D eigenvalue weighted by Gasteiger charge is 2.17. The molecule has 0 aromatic carbocycles. The van der Waals surface area contributed by atoms with Gasteiger partial charge >= 0.3 is 0 Å². The highest BCUT2D eigenvalue weighted by Crippen LogP contribution is 2.40. The van der Waals surface area contributed by atoms with Crippen molar-refractivity contribution in [2.24, 2.45) is 10.2 Å². The van der Waals surface area contributed by atoms with E-state index in [4.69, 9.17) is 9.47 Å². The normalized spacial score (nSPS) is 21.1. The van der Waals surface area contributed by atoms with E-state index in [-0.39, 0.29) is 21.5 Å². The number of carbonyl (C=O) groups is 1. The van der Waals surface area contributed by atoms with Crippen LogP contribution < -0.4 is 5.32 Å². The van der Waals surface area contributed by atoms with Gasteiger partial charge in [0.15, 0.2) is 3.38 Å². The molecule has 1 heterocycles. The fraction of sp³-hybridized carbons (Fsp3) is 0.700. The molecule has 0 saturated heterocycles. The fourth-order valence-electron chi connectivity index (χ4n) is 0.975. The molecule has 1 amide bonds. The van der Waals surface area contributed by atoms with Crippen LogP contribution in [0, 0.1) is 11.2 Å². The number of hydrogen-bond donors (Lipinski definition) is 1. The van der Waals surface area contributed by atoms with Crippen LogP contribution in [0.4, 0.5) is 0 Å². The van der Waals surface area contributed by atoms with Gasteiger partial charge in [-0.05, 0) is 55.7 Å². The molecule has 10 heteroatoms. The quantitative estimate of drug-likeness (QED) is 0.161. The molecule has 1 aliphatic rings. The van der Waals surface area contributed by atoms with Crippen molar-refractivity contribution in [3.8, 4) is 11.2 Å². The van der Waals surface area contributed by atoms with Crippen molar-refractivity contribution in [2.45, 2.75) is 8.94 Å². The third-order valence-corrected chi connectivity index (χ3v) is 6.27. The molecule has 0 bridgehead atoms. The second-order valence-corrected chi connectivity index (χ2v) is 8.23. The first-order valence-corrected chi connectivity index (χ1v) is 10.3. The number of thioether (sulfide) groups is 1. The van der Waals surface area contributed by atoms with E-state index in [0.29, 0.717) is 19.8 Å². The van der Waals surface area contributed by atoms with Gasteiger partial charge in [0.2, 0.25) is 11.5 Å². The lowest BCUT2D eigenvalue weighted by molar-refractivity contribution is -0.126. The first-order valence-electron chi connectivity index (χ1n) is 5.55. The predicted octanol–water partition coefficient (Wildman–Crippen LogP) is 2.31. The summed E-state index contributed by atoms with van der Waals surface area (Å²) in [7, 11) is 3.13. The Morgan fingerprint density at radius 1 is 1.45 bits per heavy atom. The molecule has 0 radical (unpaired) electrons. The molecule has 0 saturated carbocycles. The largest absolute Gasteiger partial charge is 0.369 e. The lowest BCUT2D eigenvalue weighted by Gasteiger charge is -2.16. The van der Waals surface area contributed by atoms with Gasteiger partial charge in [-0.25, -0.2) is 0 Å². The molecule has 0 aromatic heterocycles. The number of ether oxygens (including phenoxy) is 2. The summed E-state index contributed by atoms with van der Waals surface area (Å²) in [5.41, 5.74) is -0.287. The van der Waals surface area contributed by atoms with Gasteiger partial charge in [0.05, 0.1) is 19.8 Å². The Morgan fingerprint density at radius 3 is 3.00 bits per heavy atom. The number of hydrogen-bond acceptors (Lipinski definition) is 8. The van der Waals surface area contributed by atoms with Crippen molar-refractivity contribution in [3.05, 3.63) is 0 Å². The zero-order valence-corrected chi connectivity index (χ0v) is 15.3. The average Bonchev–Trinajstić information content (AvgIpc) is 2.45. The first-order chi connectivity index (χ1) is 9.72. The average molecular weight is 447 g/mol. The van der Waals surface area contributed by atoms with E-state index in [1.165, 1.54) is 22.6 Å². The number of azo groups is 1. The highest BCUT2D eigenvalue weighted by molar-refractivity contribution is 14.1. The minimum Gasteiger partial charge on any atom is -0.369 e. The predicted molar refractivity (Wildman–Crippen MR) is 92.7 cm³/mol. The molecule has 0 fully saturated rings. The van der Waals surface area contributed by atoms with Crippen molar-refractivity contribution in [2.75, 3.05) is 32.6 Å². The SMILES string of the molecule is CSC#CCNC(=O)COCCOC1N=NC(I)SS1. The molecular formula is C10H14IN3O3S3. The molecule has 1 aliphatic heterocycles. The van der Waals surface area contributed by atoms with Crippen molar-refractivity contribution in [1.82, 2.24) is 5.32 Å². The molecule has 112 valence electrons. The van der Waals surface area contributed by atoms with Gasteiger partial charge in [-0.2, -0.15) is 5.11 Å². The number of amides is 1. The zero-order chi connectivity index (χ0) is 14.6. The zero-order valence-electron chi connectivity index (χ0n) is 10.7. The van der Waals surface area contributed by atoms with Crippen LogP contribution in [0.5, 0.6) is 0 Å². The Balaban J connectivity index is 1.96. The van der Waals surface area contributed by atoms with Gasteiger partial charge in [0.1, 0.15) is 6.61 Å². The van der Waals surface area contributed by atoms with E-state index in [9.17, 15) is 4.79 Å². The van der Waals surface area contributed by atoms with Gasteiger partial charge in [-0.1, -0.05) is 17.7 Å². The van der Waals surface area contributed by atoms with Crippen LogP contribution in [-0.2, 0) is 14.3 Å². The maximum absolute atomic E-state index is 11.3. The standard InChI is InChI=1S/C10H14IN3O3S3/c1-18-6-2-3-12-8(15)7-16-4-5-17-10-14-13-9(11)19-20-10/h9-10H,3-5,7H2,1H3,(H,12,15). The summed E-state index contributed by atoms with van der Waals surface area (Å²) in [4.78, 5) is 11.3. The Labute approximate surface area is 143 Å². The third-order valence-electron chi connectivity index (χ3n) is 1.74. The molecule has 0 spiro atoms. The molecule has 2 atom stereocenters. The van der Waals surface area contributed by atoms with Crippen molar-refractivity contribution in [3.63, 3.8) is 0 Å². The third kappa shape index (κ3) is 9.30. The van der Waals surface area contributed by atoms with E-state index >= 15 is 0 Å². The smallest absolute Gasteiger partial charge is 0.246 e. The fourth-order valence-corrected chi connectivity index (χ4v) is 3.90. The Morgan fingerprint density at radius 2 is 2.30 bits per heavy atom. The summed E-state index contributed by atoms with van der Waals surface area (Å²) < 4.78 is 10.8. The van der Waals surface area contributed by atoms with Crippen LogP contribution in [0.3, 0.4) is 0 Å². The maximum Gasteiger partial charge on any atom is 0.246 e. The van der Waals surface area contributed by atoms with Crippen LogP contribution in [0.25, 0.3) is 0 Å². The van der Waals surface area contributed by atoms with E-state index in [1.54, 1.807) is 10.8 Å². The van der Waals surface area contributed by atoms with Gasteiger partial charge in [-0.15, -0.1) is 5.11 Å². The summed E-state index contributed by atoms with van der Waals surface area (Å²) in [5, 5.41) is 13.4. The Bertz CT molecular complexity index is 389. The lowest BCUT2D eigenvalue weighted by atomic mass is 10.6. The maximum atomic E-state index is 11.3. The Kier molecular flexibility index (Phi) is 11.0. The van der Waals surface area contributed by atoms with Crippen LogP contribution >= 0.6 is 55.9 Å². The molecule has 1 rings (SSSR count). The first kappa shape index (κ1) is 18.4.